The minimum absolute atomic E-state index is 0.0725. The van der Waals surface area contributed by atoms with E-state index in [1.165, 1.54) is 30.3 Å². The molecule has 0 spiro atoms. The molecule has 0 aromatic heterocycles. The molecule has 0 saturated heterocycles. The van der Waals surface area contributed by atoms with Crippen LogP contribution in [-0.4, -0.2) is 21.1 Å². The number of rotatable bonds is 0. The zero-order valence-corrected chi connectivity index (χ0v) is 10.2. The topological polar surface area (TPSA) is 87.0 Å². The summed E-state index contributed by atoms with van der Waals surface area (Å²) < 4.78 is 5.42. The minimum atomic E-state index is -2.18. The Hall–Kier alpha value is -2.37. The fourth-order valence-electron chi connectivity index (χ4n) is 3.01. The molecule has 4 rings (SSSR count). The molecular weight excluding hydrogens is 260 g/mol. The molecule has 1 aliphatic heterocycles. The molecule has 0 amide bonds. The molecule has 2 atom stereocenters. The van der Waals surface area contributed by atoms with E-state index in [-0.39, 0.29) is 28.2 Å². The maximum Gasteiger partial charge on any atom is 0.276 e. The number of aliphatic hydroxyl groups is 2. The molecule has 100 valence electrons. The Balaban J connectivity index is 2.05. The lowest BCUT2D eigenvalue weighted by atomic mass is 9.87. The van der Waals surface area contributed by atoms with Gasteiger partial charge in [0.2, 0.25) is 11.4 Å². The van der Waals surface area contributed by atoms with Gasteiger partial charge in [0.25, 0.3) is 5.79 Å². The van der Waals surface area contributed by atoms with Gasteiger partial charge in [-0.25, -0.2) is 0 Å². The van der Waals surface area contributed by atoms with Crippen molar-refractivity contribution in [3.8, 4) is 11.5 Å². The minimum Gasteiger partial charge on any atom is -0.508 e. The van der Waals surface area contributed by atoms with E-state index in [0.717, 1.165) is 0 Å². The number of phenolic OH excluding ortho intramolecular Hbond substituents is 1. The highest BCUT2D eigenvalue weighted by Crippen LogP contribution is 2.58. The normalized spacial score (nSPS) is 29.6. The van der Waals surface area contributed by atoms with E-state index in [9.17, 15) is 20.1 Å². The SMILES string of the molecule is O=C1c2ccccc2[C@@]2(O)Oc3cc(O)ccc3[C@]12O. The zero-order chi connectivity index (χ0) is 14.1. The lowest BCUT2D eigenvalue weighted by molar-refractivity contribution is -0.224. The third kappa shape index (κ3) is 1.01. The second-order valence-corrected chi connectivity index (χ2v) is 5.01. The van der Waals surface area contributed by atoms with Crippen molar-refractivity contribution >= 4 is 5.78 Å². The van der Waals surface area contributed by atoms with Crippen LogP contribution in [0.2, 0.25) is 0 Å². The Labute approximate surface area is 113 Å². The number of fused-ring (bicyclic) bond motifs is 5. The first-order valence-corrected chi connectivity index (χ1v) is 6.10. The van der Waals surface area contributed by atoms with E-state index < -0.39 is 17.2 Å². The summed E-state index contributed by atoms with van der Waals surface area (Å²) in [4.78, 5) is 12.5. The summed E-state index contributed by atoms with van der Waals surface area (Å²) in [5, 5.41) is 31.0. The molecule has 0 fully saturated rings. The standard InChI is InChI=1S/C15H10O5/c16-8-5-6-11-12(7-8)20-15(19)10-4-2-1-3-9(10)13(17)14(11,15)18/h1-7,16,18-19H/t14-,15+/m0/s1. The van der Waals surface area contributed by atoms with E-state index >= 15 is 0 Å². The number of hydrogen-bond acceptors (Lipinski definition) is 5. The molecule has 2 aromatic carbocycles. The highest BCUT2D eigenvalue weighted by atomic mass is 16.7. The molecule has 5 heteroatoms. The number of carbonyl (C=O) groups is 1. The van der Waals surface area contributed by atoms with Crippen molar-refractivity contribution in [1.29, 1.82) is 0 Å². The molecule has 3 N–H and O–H groups in total. The number of ether oxygens (including phenoxy) is 1. The summed E-state index contributed by atoms with van der Waals surface area (Å²) in [5.74, 6) is -2.74. The molecule has 1 aliphatic carbocycles. The Bertz CT molecular complexity index is 769. The number of carbonyl (C=O) groups excluding carboxylic acids is 1. The smallest absolute Gasteiger partial charge is 0.276 e. The van der Waals surface area contributed by atoms with E-state index in [1.54, 1.807) is 12.1 Å². The third-order valence-corrected chi connectivity index (χ3v) is 3.97. The van der Waals surface area contributed by atoms with Crippen LogP contribution in [0.5, 0.6) is 11.5 Å². The summed E-state index contributed by atoms with van der Waals surface area (Å²) in [6.45, 7) is 0. The summed E-state index contributed by atoms with van der Waals surface area (Å²) in [6.07, 6.45) is 0. The Kier molecular flexibility index (Phi) is 1.83. The molecule has 2 aliphatic rings. The van der Waals surface area contributed by atoms with Gasteiger partial charge in [-0.1, -0.05) is 24.3 Å². The Morgan fingerprint density at radius 3 is 2.55 bits per heavy atom. The van der Waals surface area contributed by atoms with Gasteiger partial charge in [0.1, 0.15) is 11.5 Å². The maximum atomic E-state index is 12.5. The van der Waals surface area contributed by atoms with Crippen LogP contribution in [0.3, 0.4) is 0 Å². The number of ketones is 1. The van der Waals surface area contributed by atoms with Crippen LogP contribution in [0.15, 0.2) is 42.5 Å². The predicted octanol–water partition coefficient (Wildman–Crippen LogP) is 1.01. The van der Waals surface area contributed by atoms with E-state index in [4.69, 9.17) is 4.74 Å². The summed E-state index contributed by atoms with van der Waals surface area (Å²) in [7, 11) is 0. The van der Waals surface area contributed by atoms with Crippen LogP contribution in [0.25, 0.3) is 0 Å². The van der Waals surface area contributed by atoms with Gasteiger partial charge in [0, 0.05) is 22.8 Å². The highest BCUT2D eigenvalue weighted by Gasteiger charge is 2.70. The fourth-order valence-corrected chi connectivity index (χ4v) is 3.01. The number of hydrogen-bond donors (Lipinski definition) is 3. The zero-order valence-electron chi connectivity index (χ0n) is 10.2. The van der Waals surface area contributed by atoms with Crippen LogP contribution in [-0.2, 0) is 11.4 Å². The van der Waals surface area contributed by atoms with E-state index in [0.29, 0.717) is 0 Å². The molecule has 0 bridgehead atoms. The summed E-state index contributed by atoms with van der Waals surface area (Å²) >= 11 is 0. The first-order valence-electron chi connectivity index (χ1n) is 6.10. The Morgan fingerprint density at radius 1 is 1.00 bits per heavy atom. The fraction of sp³-hybridized carbons (Fsp3) is 0.133. The van der Waals surface area contributed by atoms with Crippen LogP contribution >= 0.6 is 0 Å². The van der Waals surface area contributed by atoms with Gasteiger partial charge < -0.3 is 20.1 Å². The number of phenols is 1. The quantitative estimate of drug-likeness (QED) is 0.665. The first-order chi connectivity index (χ1) is 9.48. The number of Topliss-reactive ketones (excluding diaryl/α,β-unsaturated/α-hetero) is 1. The van der Waals surface area contributed by atoms with Crippen molar-refractivity contribution in [3.05, 3.63) is 59.2 Å². The van der Waals surface area contributed by atoms with Gasteiger partial charge in [0.05, 0.1) is 0 Å². The monoisotopic (exact) mass is 270 g/mol. The summed E-state index contributed by atoms with van der Waals surface area (Å²) in [6, 6.07) is 10.4. The first kappa shape index (κ1) is 11.5. The van der Waals surface area contributed by atoms with Crippen molar-refractivity contribution < 1.29 is 24.9 Å². The number of benzene rings is 2. The Morgan fingerprint density at radius 2 is 1.75 bits per heavy atom. The summed E-state index contributed by atoms with van der Waals surface area (Å²) in [5.41, 5.74) is -1.57. The lowest BCUT2D eigenvalue weighted by Gasteiger charge is -2.28. The van der Waals surface area contributed by atoms with Crippen molar-refractivity contribution in [3.63, 3.8) is 0 Å². The predicted molar refractivity (Wildman–Crippen MR) is 67.3 cm³/mol. The molecule has 20 heavy (non-hydrogen) atoms. The van der Waals surface area contributed by atoms with E-state index in [1.807, 2.05) is 0 Å². The van der Waals surface area contributed by atoms with Crippen LogP contribution in [0.4, 0.5) is 0 Å². The largest absolute Gasteiger partial charge is 0.508 e. The van der Waals surface area contributed by atoms with Crippen LogP contribution in [0, 0.1) is 0 Å². The van der Waals surface area contributed by atoms with E-state index in [2.05, 4.69) is 0 Å². The molecular formula is C15H10O5. The molecule has 0 unspecified atom stereocenters. The molecule has 1 heterocycles. The van der Waals surface area contributed by atoms with Gasteiger partial charge in [-0.3, -0.25) is 4.79 Å². The third-order valence-electron chi connectivity index (χ3n) is 3.97. The van der Waals surface area contributed by atoms with Crippen molar-refractivity contribution in [1.82, 2.24) is 0 Å². The second-order valence-electron chi connectivity index (χ2n) is 5.01. The number of aromatic hydroxyl groups is 1. The van der Waals surface area contributed by atoms with Gasteiger partial charge in [-0.15, -0.1) is 0 Å². The van der Waals surface area contributed by atoms with Crippen molar-refractivity contribution in [2.24, 2.45) is 0 Å². The van der Waals surface area contributed by atoms with Gasteiger partial charge in [-0.2, -0.15) is 0 Å². The average Bonchev–Trinajstić information content (AvgIpc) is 2.76. The molecule has 0 radical (unpaired) electrons. The van der Waals surface area contributed by atoms with Gasteiger partial charge >= 0.3 is 0 Å². The van der Waals surface area contributed by atoms with Gasteiger partial charge in [0.15, 0.2) is 0 Å². The van der Waals surface area contributed by atoms with Gasteiger partial charge in [-0.05, 0) is 12.1 Å². The maximum absolute atomic E-state index is 12.5. The lowest BCUT2D eigenvalue weighted by Crippen LogP contribution is -2.48. The molecule has 0 saturated carbocycles. The molecule has 2 aromatic rings. The average molecular weight is 270 g/mol. The molecule has 5 nitrogen and oxygen atoms in total. The van der Waals surface area contributed by atoms with Crippen molar-refractivity contribution in [2.75, 3.05) is 0 Å². The van der Waals surface area contributed by atoms with Crippen LogP contribution in [0.1, 0.15) is 21.5 Å². The highest BCUT2D eigenvalue weighted by molar-refractivity contribution is 6.09. The van der Waals surface area contributed by atoms with Crippen LogP contribution < -0.4 is 4.74 Å². The second kappa shape index (κ2) is 3.20. The van der Waals surface area contributed by atoms with Crippen molar-refractivity contribution in [2.45, 2.75) is 11.4 Å².